The predicted octanol–water partition coefficient (Wildman–Crippen LogP) is 2.35. The van der Waals surface area contributed by atoms with Crippen molar-refractivity contribution in [2.75, 3.05) is 11.9 Å². The van der Waals surface area contributed by atoms with Crippen molar-refractivity contribution in [3.63, 3.8) is 0 Å². The highest BCUT2D eigenvalue weighted by atomic mass is 16.3. The van der Waals surface area contributed by atoms with Crippen LogP contribution in [-0.4, -0.2) is 23.4 Å². The van der Waals surface area contributed by atoms with Crippen molar-refractivity contribution in [2.45, 2.75) is 13.3 Å². The van der Waals surface area contributed by atoms with Crippen LogP contribution in [0.5, 0.6) is 0 Å². The van der Waals surface area contributed by atoms with Crippen molar-refractivity contribution < 1.29 is 14.7 Å². The number of rotatable bonds is 5. The number of aliphatic hydroxyl groups is 1. The standard InChI is InChI=1S/C17H17NO3/c1-12-3-2-4-13(9-12)10-17(21)18-15-7-5-14(6-8-15)16(20)11-19/h2-9,19H,10-11H2,1H3,(H,18,21). The Morgan fingerprint density at radius 3 is 2.43 bits per heavy atom. The van der Waals surface area contributed by atoms with E-state index in [1.54, 1.807) is 24.3 Å². The molecule has 21 heavy (non-hydrogen) atoms. The third kappa shape index (κ3) is 4.26. The Kier molecular flexibility index (Phi) is 4.85. The van der Waals surface area contributed by atoms with Crippen molar-refractivity contribution in [1.29, 1.82) is 0 Å². The van der Waals surface area contributed by atoms with E-state index in [0.717, 1.165) is 11.1 Å². The van der Waals surface area contributed by atoms with Gasteiger partial charge in [0.1, 0.15) is 6.61 Å². The molecule has 4 heteroatoms. The molecule has 0 aliphatic heterocycles. The van der Waals surface area contributed by atoms with Crippen LogP contribution in [0, 0.1) is 6.92 Å². The van der Waals surface area contributed by atoms with Crippen LogP contribution in [0.1, 0.15) is 21.5 Å². The van der Waals surface area contributed by atoms with Gasteiger partial charge in [-0.05, 0) is 36.8 Å². The zero-order valence-electron chi connectivity index (χ0n) is 11.8. The van der Waals surface area contributed by atoms with Crippen LogP contribution in [0.25, 0.3) is 0 Å². The first-order chi connectivity index (χ1) is 10.1. The number of amides is 1. The summed E-state index contributed by atoms with van der Waals surface area (Å²) in [7, 11) is 0. The van der Waals surface area contributed by atoms with Crippen LogP contribution in [-0.2, 0) is 11.2 Å². The van der Waals surface area contributed by atoms with Crippen molar-refractivity contribution >= 4 is 17.4 Å². The molecule has 0 saturated heterocycles. The Morgan fingerprint density at radius 1 is 1.10 bits per heavy atom. The van der Waals surface area contributed by atoms with E-state index < -0.39 is 6.61 Å². The van der Waals surface area contributed by atoms with Gasteiger partial charge < -0.3 is 10.4 Å². The second-order valence-electron chi connectivity index (χ2n) is 4.87. The number of carbonyl (C=O) groups is 2. The quantitative estimate of drug-likeness (QED) is 0.828. The number of aryl methyl sites for hydroxylation is 1. The van der Waals surface area contributed by atoms with Crippen molar-refractivity contribution in [3.8, 4) is 0 Å². The summed E-state index contributed by atoms with van der Waals surface area (Å²) in [5.74, 6) is -0.450. The minimum atomic E-state index is -0.515. The fourth-order valence-electron chi connectivity index (χ4n) is 2.04. The summed E-state index contributed by atoms with van der Waals surface area (Å²) in [6.45, 7) is 1.47. The van der Waals surface area contributed by atoms with Gasteiger partial charge in [-0.15, -0.1) is 0 Å². The first-order valence-electron chi connectivity index (χ1n) is 6.68. The lowest BCUT2D eigenvalue weighted by molar-refractivity contribution is -0.115. The number of ketones is 1. The van der Waals surface area contributed by atoms with Crippen LogP contribution < -0.4 is 5.32 Å². The topological polar surface area (TPSA) is 66.4 Å². The minimum absolute atomic E-state index is 0.109. The van der Waals surface area contributed by atoms with Gasteiger partial charge in [0.15, 0.2) is 5.78 Å². The molecule has 0 fully saturated rings. The highest BCUT2D eigenvalue weighted by molar-refractivity contribution is 5.98. The van der Waals surface area contributed by atoms with E-state index in [9.17, 15) is 9.59 Å². The summed E-state index contributed by atoms with van der Waals surface area (Å²) in [6, 6.07) is 14.3. The SMILES string of the molecule is Cc1cccc(CC(=O)Nc2ccc(C(=O)CO)cc2)c1. The van der Waals surface area contributed by atoms with Gasteiger partial charge in [0, 0.05) is 11.3 Å². The Morgan fingerprint density at radius 2 is 1.81 bits per heavy atom. The van der Waals surface area contributed by atoms with Crippen LogP contribution >= 0.6 is 0 Å². The molecule has 0 saturated carbocycles. The zero-order valence-corrected chi connectivity index (χ0v) is 11.8. The summed E-state index contributed by atoms with van der Waals surface area (Å²) < 4.78 is 0. The number of benzene rings is 2. The molecular formula is C17H17NO3. The molecule has 2 rings (SSSR count). The molecule has 0 unspecified atom stereocenters. The van der Waals surface area contributed by atoms with E-state index in [1.165, 1.54) is 0 Å². The smallest absolute Gasteiger partial charge is 0.228 e. The molecule has 0 heterocycles. The van der Waals surface area contributed by atoms with Gasteiger partial charge in [-0.25, -0.2) is 0 Å². The normalized spacial score (nSPS) is 10.2. The molecular weight excluding hydrogens is 266 g/mol. The number of nitrogens with one attached hydrogen (secondary N) is 1. The molecule has 2 aromatic rings. The van der Waals surface area contributed by atoms with Crippen molar-refractivity contribution in [3.05, 3.63) is 65.2 Å². The van der Waals surface area contributed by atoms with Crippen LogP contribution in [0.15, 0.2) is 48.5 Å². The van der Waals surface area contributed by atoms with Gasteiger partial charge in [-0.1, -0.05) is 29.8 Å². The number of carbonyl (C=O) groups excluding carboxylic acids is 2. The first kappa shape index (κ1) is 14.9. The van der Waals surface area contributed by atoms with Gasteiger partial charge in [0.2, 0.25) is 5.91 Å². The molecule has 108 valence electrons. The van der Waals surface area contributed by atoms with Crippen LogP contribution in [0.4, 0.5) is 5.69 Å². The fraction of sp³-hybridized carbons (Fsp3) is 0.176. The summed E-state index contributed by atoms with van der Waals surface area (Å²) in [4.78, 5) is 23.2. The molecule has 2 N–H and O–H groups in total. The van der Waals surface area contributed by atoms with Gasteiger partial charge in [0.05, 0.1) is 6.42 Å². The Bertz CT molecular complexity index is 647. The van der Waals surface area contributed by atoms with Gasteiger partial charge >= 0.3 is 0 Å². The summed E-state index contributed by atoms with van der Waals surface area (Å²) in [5.41, 5.74) is 3.13. The first-order valence-corrected chi connectivity index (χ1v) is 6.68. The predicted molar refractivity (Wildman–Crippen MR) is 81.4 cm³/mol. The second-order valence-corrected chi connectivity index (χ2v) is 4.87. The Hall–Kier alpha value is -2.46. The maximum absolute atomic E-state index is 12.0. The molecule has 4 nitrogen and oxygen atoms in total. The van der Waals surface area contributed by atoms with Gasteiger partial charge in [0.25, 0.3) is 0 Å². The molecule has 0 radical (unpaired) electrons. The van der Waals surface area contributed by atoms with E-state index in [2.05, 4.69) is 5.32 Å². The minimum Gasteiger partial charge on any atom is -0.388 e. The fourth-order valence-corrected chi connectivity index (χ4v) is 2.04. The van der Waals surface area contributed by atoms with E-state index >= 15 is 0 Å². The maximum atomic E-state index is 12.0. The lowest BCUT2D eigenvalue weighted by Gasteiger charge is -2.06. The van der Waals surface area contributed by atoms with Gasteiger partial charge in [-0.2, -0.15) is 0 Å². The molecule has 0 spiro atoms. The Balaban J connectivity index is 1.98. The van der Waals surface area contributed by atoms with Crippen molar-refractivity contribution in [1.82, 2.24) is 0 Å². The van der Waals surface area contributed by atoms with E-state index in [4.69, 9.17) is 5.11 Å². The second kappa shape index (κ2) is 6.81. The number of Topliss-reactive ketones (excluding diaryl/α,β-unsaturated/α-hetero) is 1. The number of aliphatic hydroxyl groups excluding tert-OH is 1. The van der Waals surface area contributed by atoms with E-state index in [-0.39, 0.29) is 11.7 Å². The molecule has 0 bridgehead atoms. The average molecular weight is 283 g/mol. The highest BCUT2D eigenvalue weighted by Gasteiger charge is 2.06. The number of hydrogen-bond acceptors (Lipinski definition) is 3. The lowest BCUT2D eigenvalue weighted by atomic mass is 10.1. The largest absolute Gasteiger partial charge is 0.388 e. The molecule has 0 aromatic heterocycles. The summed E-state index contributed by atoms with van der Waals surface area (Å²) in [5, 5.41) is 11.6. The third-order valence-corrected chi connectivity index (χ3v) is 3.08. The monoisotopic (exact) mass is 283 g/mol. The summed E-state index contributed by atoms with van der Waals surface area (Å²) >= 11 is 0. The molecule has 2 aromatic carbocycles. The Labute approximate surface area is 123 Å². The zero-order chi connectivity index (χ0) is 15.2. The molecule has 0 aliphatic carbocycles. The highest BCUT2D eigenvalue weighted by Crippen LogP contribution is 2.11. The van der Waals surface area contributed by atoms with E-state index in [1.807, 2.05) is 31.2 Å². The lowest BCUT2D eigenvalue weighted by Crippen LogP contribution is -2.14. The van der Waals surface area contributed by atoms with Crippen LogP contribution in [0.2, 0.25) is 0 Å². The average Bonchev–Trinajstić information content (AvgIpc) is 2.47. The van der Waals surface area contributed by atoms with E-state index in [0.29, 0.717) is 17.7 Å². The number of hydrogen-bond donors (Lipinski definition) is 2. The molecule has 0 aliphatic rings. The van der Waals surface area contributed by atoms with Gasteiger partial charge in [-0.3, -0.25) is 9.59 Å². The maximum Gasteiger partial charge on any atom is 0.228 e. The van der Waals surface area contributed by atoms with Crippen molar-refractivity contribution in [2.24, 2.45) is 0 Å². The van der Waals surface area contributed by atoms with Crippen LogP contribution in [0.3, 0.4) is 0 Å². The number of anilines is 1. The molecule has 1 amide bonds. The summed E-state index contributed by atoms with van der Waals surface area (Å²) in [6.07, 6.45) is 0.305. The molecule has 0 atom stereocenters. The third-order valence-electron chi connectivity index (χ3n) is 3.08.